The molecule has 0 spiro atoms. The predicted octanol–water partition coefficient (Wildman–Crippen LogP) is 8.42. The van der Waals surface area contributed by atoms with Gasteiger partial charge in [0.25, 0.3) is 0 Å². The van der Waals surface area contributed by atoms with Crippen LogP contribution in [0.1, 0.15) is 112 Å². The highest BCUT2D eigenvalue weighted by atomic mass is 14.7. The third kappa shape index (κ3) is 3.36. The van der Waals surface area contributed by atoms with Crippen molar-refractivity contribution in [3.05, 3.63) is 11.6 Å². The van der Waals surface area contributed by atoms with Crippen LogP contribution in [-0.4, -0.2) is 0 Å². The molecule has 0 N–H and O–H groups in total. The molecule has 0 nitrogen and oxygen atoms in total. The fourth-order valence-electron chi connectivity index (χ4n) is 8.73. The highest BCUT2D eigenvalue weighted by molar-refractivity contribution is 5.23. The molecule has 3 fully saturated rings. The average molecular weight is 371 g/mol. The summed E-state index contributed by atoms with van der Waals surface area (Å²) in [5.74, 6) is 5.75. The van der Waals surface area contributed by atoms with E-state index in [1.165, 1.54) is 77.0 Å². The minimum atomic E-state index is 0.617. The van der Waals surface area contributed by atoms with E-state index in [0.717, 1.165) is 35.5 Å². The Labute approximate surface area is 170 Å². The van der Waals surface area contributed by atoms with Gasteiger partial charge in [0.2, 0.25) is 0 Å². The number of fused-ring (bicyclic) bond motifs is 5. The van der Waals surface area contributed by atoms with Crippen LogP contribution in [0.5, 0.6) is 0 Å². The summed E-state index contributed by atoms with van der Waals surface area (Å²) in [7, 11) is 0. The molecule has 0 saturated heterocycles. The highest BCUT2D eigenvalue weighted by Gasteiger charge is 2.61. The van der Waals surface area contributed by atoms with Gasteiger partial charge in [0.15, 0.2) is 0 Å². The van der Waals surface area contributed by atoms with Crippen molar-refractivity contribution in [3.8, 4) is 0 Å². The van der Waals surface area contributed by atoms with Crippen LogP contribution < -0.4 is 0 Å². The summed E-state index contributed by atoms with van der Waals surface area (Å²) in [5.41, 5.74) is 3.12. The molecule has 0 heterocycles. The maximum Gasteiger partial charge on any atom is -0.0146 e. The molecule has 0 amide bonds. The zero-order valence-corrected chi connectivity index (χ0v) is 19.0. The van der Waals surface area contributed by atoms with Crippen LogP contribution in [0.2, 0.25) is 0 Å². The smallest absolute Gasteiger partial charge is 0.0146 e. The van der Waals surface area contributed by atoms with Crippen LogP contribution in [0.25, 0.3) is 0 Å². The summed E-state index contributed by atoms with van der Waals surface area (Å²) in [4.78, 5) is 0. The Morgan fingerprint density at radius 3 is 2.52 bits per heavy atom. The third-order valence-corrected chi connectivity index (χ3v) is 10.2. The Hall–Kier alpha value is -0.260. The molecule has 7 unspecified atom stereocenters. The Balaban J connectivity index is 1.50. The quantitative estimate of drug-likeness (QED) is 0.426. The van der Waals surface area contributed by atoms with Gasteiger partial charge in [0.05, 0.1) is 0 Å². The van der Waals surface area contributed by atoms with E-state index in [9.17, 15) is 0 Å². The maximum absolute atomic E-state index is 2.74. The van der Waals surface area contributed by atoms with Crippen molar-refractivity contribution in [2.75, 3.05) is 0 Å². The number of hydrogen-bond acceptors (Lipinski definition) is 0. The first-order chi connectivity index (χ1) is 12.9. The van der Waals surface area contributed by atoms with Crippen LogP contribution in [0.3, 0.4) is 0 Å². The molecular formula is C27H46. The normalized spacial score (nSPS) is 45.0. The number of rotatable bonds is 5. The van der Waals surface area contributed by atoms with E-state index in [0.29, 0.717) is 10.8 Å². The minimum absolute atomic E-state index is 0.617. The molecule has 0 aromatic heterocycles. The van der Waals surface area contributed by atoms with Gasteiger partial charge < -0.3 is 0 Å². The maximum atomic E-state index is 2.74. The highest BCUT2D eigenvalue weighted by Crippen LogP contribution is 2.69. The molecule has 4 aliphatic rings. The Morgan fingerprint density at radius 1 is 0.963 bits per heavy atom. The number of allylic oxidation sites excluding steroid dienone is 2. The SMILES string of the molecule is CC(C)CCCC(C)C1CCC2(C)C1CCC1(C)C3CCCCC3=CCC12. The first-order valence-electron chi connectivity index (χ1n) is 12.5. The summed E-state index contributed by atoms with van der Waals surface area (Å²) >= 11 is 0. The second kappa shape index (κ2) is 7.53. The zero-order valence-electron chi connectivity index (χ0n) is 19.0. The van der Waals surface area contributed by atoms with Crippen LogP contribution in [0, 0.1) is 46.3 Å². The van der Waals surface area contributed by atoms with Gasteiger partial charge in [-0.3, -0.25) is 0 Å². The summed E-state index contributed by atoms with van der Waals surface area (Å²) in [6.07, 6.45) is 20.5. The predicted molar refractivity (Wildman–Crippen MR) is 118 cm³/mol. The molecule has 4 aliphatic carbocycles. The van der Waals surface area contributed by atoms with Gasteiger partial charge in [0.1, 0.15) is 0 Å². The zero-order chi connectivity index (χ0) is 19.2. The van der Waals surface area contributed by atoms with Crippen molar-refractivity contribution >= 4 is 0 Å². The van der Waals surface area contributed by atoms with Crippen LogP contribution in [-0.2, 0) is 0 Å². The molecule has 0 heteroatoms. The van der Waals surface area contributed by atoms with Gasteiger partial charge in [-0.15, -0.1) is 0 Å². The van der Waals surface area contributed by atoms with Crippen molar-refractivity contribution in [1.29, 1.82) is 0 Å². The fourth-order valence-corrected chi connectivity index (χ4v) is 8.73. The summed E-state index contributed by atoms with van der Waals surface area (Å²) in [5, 5.41) is 0. The van der Waals surface area contributed by atoms with Gasteiger partial charge >= 0.3 is 0 Å². The molecule has 3 saturated carbocycles. The first kappa shape index (κ1) is 20.0. The lowest BCUT2D eigenvalue weighted by atomic mass is 9.44. The Kier molecular flexibility index (Phi) is 5.59. The molecule has 0 radical (unpaired) electrons. The van der Waals surface area contributed by atoms with Gasteiger partial charge in [-0.1, -0.05) is 72.0 Å². The van der Waals surface area contributed by atoms with Crippen LogP contribution >= 0.6 is 0 Å². The second-order valence-corrected chi connectivity index (χ2v) is 12.0. The van der Waals surface area contributed by atoms with Crippen molar-refractivity contribution in [2.45, 2.75) is 112 Å². The summed E-state index contributed by atoms with van der Waals surface area (Å²) < 4.78 is 0. The Bertz CT molecular complexity index is 556. The van der Waals surface area contributed by atoms with Gasteiger partial charge in [-0.05, 0) is 97.7 Å². The van der Waals surface area contributed by atoms with Crippen LogP contribution in [0.4, 0.5) is 0 Å². The molecule has 0 aromatic carbocycles. The Morgan fingerprint density at radius 2 is 1.74 bits per heavy atom. The van der Waals surface area contributed by atoms with E-state index in [1.54, 1.807) is 0 Å². The van der Waals surface area contributed by atoms with E-state index >= 15 is 0 Å². The van der Waals surface area contributed by atoms with Gasteiger partial charge in [0, 0.05) is 0 Å². The fraction of sp³-hybridized carbons (Fsp3) is 0.926. The lowest BCUT2D eigenvalue weighted by molar-refractivity contribution is -0.0877. The third-order valence-electron chi connectivity index (χ3n) is 10.2. The molecule has 0 aliphatic heterocycles. The molecule has 4 rings (SSSR count). The minimum Gasteiger partial charge on any atom is -0.0847 e. The van der Waals surface area contributed by atoms with Crippen molar-refractivity contribution < 1.29 is 0 Å². The summed E-state index contributed by atoms with van der Waals surface area (Å²) in [6, 6.07) is 0. The average Bonchev–Trinajstić information content (AvgIpc) is 2.98. The lowest BCUT2D eigenvalue weighted by Gasteiger charge is -2.60. The number of hydrogen-bond donors (Lipinski definition) is 0. The second-order valence-electron chi connectivity index (χ2n) is 12.0. The first-order valence-corrected chi connectivity index (χ1v) is 12.5. The van der Waals surface area contributed by atoms with E-state index < -0.39 is 0 Å². The topological polar surface area (TPSA) is 0 Å². The standard InChI is InChI=1S/C27H46/c1-19(2)9-8-10-20(3)22-15-17-27(5)24(22)16-18-26(4)23-12-7-6-11-21(23)13-14-25(26)27/h13,19-20,22-25H,6-12,14-18H2,1-5H3. The van der Waals surface area contributed by atoms with Crippen molar-refractivity contribution in [3.63, 3.8) is 0 Å². The van der Waals surface area contributed by atoms with E-state index in [-0.39, 0.29) is 0 Å². The monoisotopic (exact) mass is 370 g/mol. The van der Waals surface area contributed by atoms with E-state index in [4.69, 9.17) is 0 Å². The molecule has 154 valence electrons. The molecule has 27 heavy (non-hydrogen) atoms. The largest absolute Gasteiger partial charge is 0.0847 e. The van der Waals surface area contributed by atoms with E-state index in [2.05, 4.69) is 40.7 Å². The molecule has 0 bridgehead atoms. The lowest BCUT2D eigenvalue weighted by Crippen LogP contribution is -2.53. The molecule has 0 aromatic rings. The van der Waals surface area contributed by atoms with Gasteiger partial charge in [-0.25, -0.2) is 0 Å². The van der Waals surface area contributed by atoms with Crippen molar-refractivity contribution in [2.24, 2.45) is 46.3 Å². The van der Waals surface area contributed by atoms with Crippen LogP contribution in [0.15, 0.2) is 11.6 Å². The summed E-state index contributed by atoms with van der Waals surface area (Å²) in [6.45, 7) is 12.8. The van der Waals surface area contributed by atoms with Gasteiger partial charge in [-0.2, -0.15) is 0 Å². The molecular weight excluding hydrogens is 324 g/mol. The van der Waals surface area contributed by atoms with Crippen molar-refractivity contribution in [1.82, 2.24) is 0 Å². The van der Waals surface area contributed by atoms with E-state index in [1.807, 2.05) is 5.57 Å². The molecule has 7 atom stereocenters.